The van der Waals surface area contributed by atoms with Crippen LogP contribution in [0.25, 0.3) is 0 Å². The third-order valence-corrected chi connectivity index (χ3v) is 3.05. The van der Waals surface area contributed by atoms with Crippen LogP contribution in [0.1, 0.15) is 6.42 Å². The largest absolute Gasteiger partial charge is 0.480 e. The molecule has 1 aliphatic rings. The van der Waals surface area contributed by atoms with Crippen LogP contribution in [-0.4, -0.2) is 53.4 Å². The summed E-state index contributed by atoms with van der Waals surface area (Å²) in [6.07, 6.45) is -6.83. The zero-order valence-electron chi connectivity index (χ0n) is 10.6. The van der Waals surface area contributed by atoms with Gasteiger partial charge in [0.05, 0.1) is 5.92 Å². The molecule has 0 aromatic heterocycles. The van der Waals surface area contributed by atoms with Gasteiger partial charge < -0.3 is 9.84 Å². The maximum Gasteiger partial charge on any atom is 0.453 e. The second kappa shape index (κ2) is 5.86. The number of likely N-dealkylation sites (tertiary alicyclic amines) is 1. The van der Waals surface area contributed by atoms with Crippen LogP contribution in [0.4, 0.5) is 26.7 Å². The van der Waals surface area contributed by atoms with Gasteiger partial charge in [-0.05, 0) is 6.42 Å². The first-order valence-corrected chi connectivity index (χ1v) is 5.75. The zero-order valence-corrected chi connectivity index (χ0v) is 10.6. The minimum Gasteiger partial charge on any atom is -0.480 e. The molecule has 1 fully saturated rings. The molecule has 0 saturated carbocycles. The number of aliphatic carboxylic acids is 1. The van der Waals surface area contributed by atoms with Crippen LogP contribution in [0.3, 0.4) is 0 Å². The summed E-state index contributed by atoms with van der Waals surface area (Å²) in [4.78, 5) is 22.9. The first-order valence-electron chi connectivity index (χ1n) is 5.75. The van der Waals surface area contributed by atoms with Gasteiger partial charge in [-0.3, -0.25) is 4.90 Å². The summed E-state index contributed by atoms with van der Waals surface area (Å²) in [5, 5.41) is 8.89. The van der Waals surface area contributed by atoms with Gasteiger partial charge in [0.15, 0.2) is 0 Å². The Kier molecular flexibility index (Phi) is 4.79. The van der Waals surface area contributed by atoms with Crippen molar-refractivity contribution in [3.05, 3.63) is 12.7 Å². The van der Waals surface area contributed by atoms with Gasteiger partial charge in [0, 0.05) is 6.54 Å². The van der Waals surface area contributed by atoms with Gasteiger partial charge in [0.25, 0.3) is 0 Å². The number of hydrogen-bond donors (Lipinski definition) is 1. The minimum absolute atomic E-state index is 0.317. The molecule has 1 rings (SSSR count). The Morgan fingerprint density at radius 2 is 1.90 bits per heavy atom. The lowest BCUT2D eigenvalue weighted by atomic mass is 9.92. The molecule has 5 nitrogen and oxygen atoms in total. The normalized spacial score (nSPS) is 23.0. The number of alkyl halides is 5. The summed E-state index contributed by atoms with van der Waals surface area (Å²) in [6, 6.07) is -2.31. The van der Waals surface area contributed by atoms with Crippen molar-refractivity contribution in [1.82, 2.24) is 4.90 Å². The summed E-state index contributed by atoms with van der Waals surface area (Å²) in [5.74, 6) is -9.73. The first-order chi connectivity index (χ1) is 9.54. The van der Waals surface area contributed by atoms with E-state index in [0.29, 0.717) is 4.90 Å². The Bertz CT molecular complexity index is 437. The number of carbonyl (C=O) groups is 2. The number of carboxylic acids is 1. The minimum atomic E-state index is -5.90. The lowest BCUT2D eigenvalue weighted by Crippen LogP contribution is -2.52. The number of nitrogens with zero attached hydrogens (tertiary/aromatic N) is 1. The summed E-state index contributed by atoms with van der Waals surface area (Å²) >= 11 is 0. The number of rotatable bonds is 4. The molecule has 1 aliphatic heterocycles. The maximum atomic E-state index is 13.4. The number of carboxylic acid groups (broad SMARTS) is 1. The van der Waals surface area contributed by atoms with E-state index in [1.807, 2.05) is 0 Å². The number of ether oxygens (including phenoxy) is 1. The van der Waals surface area contributed by atoms with Crippen molar-refractivity contribution in [1.29, 1.82) is 0 Å². The number of carbonyl (C=O) groups excluding carboxylic acids is 1. The third kappa shape index (κ3) is 3.24. The van der Waals surface area contributed by atoms with Crippen LogP contribution in [0.2, 0.25) is 0 Å². The molecular formula is C11H12F5NO4. The number of amides is 1. The molecule has 10 heteroatoms. The first kappa shape index (κ1) is 17.2. The topological polar surface area (TPSA) is 66.8 Å². The van der Waals surface area contributed by atoms with Crippen molar-refractivity contribution in [3.63, 3.8) is 0 Å². The highest BCUT2D eigenvalue weighted by molar-refractivity contribution is 5.81. The fourth-order valence-corrected chi connectivity index (χ4v) is 2.11. The van der Waals surface area contributed by atoms with Crippen molar-refractivity contribution in [2.75, 3.05) is 13.2 Å². The molecule has 0 aliphatic carbocycles. The average molecular weight is 317 g/mol. The second-order valence-corrected chi connectivity index (χ2v) is 4.36. The molecule has 0 spiro atoms. The highest BCUT2D eigenvalue weighted by Gasteiger charge is 2.67. The Morgan fingerprint density at radius 1 is 1.33 bits per heavy atom. The average Bonchev–Trinajstić information content (AvgIpc) is 2.79. The van der Waals surface area contributed by atoms with Crippen LogP contribution in [0.5, 0.6) is 0 Å². The Balaban J connectivity index is 3.02. The van der Waals surface area contributed by atoms with E-state index in [1.54, 1.807) is 0 Å². The van der Waals surface area contributed by atoms with E-state index in [2.05, 4.69) is 11.3 Å². The zero-order chi connectivity index (χ0) is 16.4. The van der Waals surface area contributed by atoms with E-state index in [-0.39, 0.29) is 6.61 Å². The highest BCUT2D eigenvalue weighted by atomic mass is 19.4. The lowest BCUT2D eigenvalue weighted by Gasteiger charge is -2.30. The van der Waals surface area contributed by atoms with Gasteiger partial charge in [-0.25, -0.2) is 9.59 Å². The Hall–Kier alpha value is -1.87. The van der Waals surface area contributed by atoms with Crippen molar-refractivity contribution in [2.24, 2.45) is 5.92 Å². The van der Waals surface area contributed by atoms with E-state index < -0.39 is 49.1 Å². The van der Waals surface area contributed by atoms with Gasteiger partial charge in [-0.2, -0.15) is 22.0 Å². The van der Waals surface area contributed by atoms with Crippen LogP contribution in [-0.2, 0) is 9.53 Å². The molecule has 21 heavy (non-hydrogen) atoms. The molecule has 1 saturated heterocycles. The molecule has 1 heterocycles. The number of halogens is 5. The van der Waals surface area contributed by atoms with E-state index in [4.69, 9.17) is 5.11 Å². The van der Waals surface area contributed by atoms with E-state index in [1.165, 1.54) is 0 Å². The van der Waals surface area contributed by atoms with Crippen molar-refractivity contribution in [3.8, 4) is 0 Å². The quantitative estimate of drug-likeness (QED) is 0.638. The Morgan fingerprint density at radius 3 is 2.33 bits per heavy atom. The highest BCUT2D eigenvalue weighted by Crippen LogP contribution is 2.47. The fraction of sp³-hybridized carbons (Fsp3) is 0.636. The molecule has 0 unspecified atom stereocenters. The fourth-order valence-electron chi connectivity index (χ4n) is 2.11. The van der Waals surface area contributed by atoms with Gasteiger partial charge in [0.1, 0.15) is 12.6 Å². The van der Waals surface area contributed by atoms with Crippen LogP contribution in [0.15, 0.2) is 12.7 Å². The molecule has 0 aromatic carbocycles. The second-order valence-electron chi connectivity index (χ2n) is 4.36. The molecular weight excluding hydrogens is 305 g/mol. The molecule has 0 aromatic rings. The predicted octanol–water partition coefficient (Wildman–Crippen LogP) is 2.28. The third-order valence-electron chi connectivity index (χ3n) is 3.05. The molecule has 2 atom stereocenters. The van der Waals surface area contributed by atoms with Crippen LogP contribution >= 0.6 is 0 Å². The van der Waals surface area contributed by atoms with Crippen molar-refractivity contribution in [2.45, 2.75) is 24.6 Å². The predicted molar refractivity (Wildman–Crippen MR) is 58.8 cm³/mol. The van der Waals surface area contributed by atoms with E-state index in [0.717, 1.165) is 6.08 Å². The molecule has 120 valence electrons. The maximum absolute atomic E-state index is 13.4. The molecule has 0 bridgehead atoms. The van der Waals surface area contributed by atoms with Gasteiger partial charge in [0.2, 0.25) is 0 Å². The van der Waals surface area contributed by atoms with Crippen molar-refractivity contribution < 1.29 is 41.4 Å². The van der Waals surface area contributed by atoms with Gasteiger partial charge >= 0.3 is 24.2 Å². The van der Waals surface area contributed by atoms with E-state index >= 15 is 0 Å². The summed E-state index contributed by atoms with van der Waals surface area (Å²) < 4.78 is 68.3. The van der Waals surface area contributed by atoms with Gasteiger partial charge in [-0.15, -0.1) is 0 Å². The lowest BCUT2D eigenvalue weighted by molar-refractivity contribution is -0.303. The smallest absolute Gasteiger partial charge is 0.453 e. The van der Waals surface area contributed by atoms with Gasteiger partial charge in [-0.1, -0.05) is 12.7 Å². The van der Waals surface area contributed by atoms with Crippen LogP contribution < -0.4 is 0 Å². The monoisotopic (exact) mass is 317 g/mol. The van der Waals surface area contributed by atoms with Crippen molar-refractivity contribution >= 4 is 12.1 Å². The Labute approximate surface area is 116 Å². The van der Waals surface area contributed by atoms with Crippen LogP contribution in [0, 0.1) is 5.92 Å². The summed E-state index contributed by atoms with van der Waals surface area (Å²) in [5.41, 5.74) is 0. The molecule has 0 radical (unpaired) electrons. The molecule has 1 N–H and O–H groups in total. The SMILES string of the molecule is C=CCOC(=O)N1CC[C@@H](C(F)(F)C(F)(F)F)[C@@H]1C(=O)O. The molecule has 1 amide bonds. The standard InChI is InChI=1S/C11H12F5NO4/c1-2-5-21-9(20)17-4-3-6(7(17)8(18)19)10(12,13)11(14,15)16/h2,6-7H,1,3-5H2,(H,18,19)/t6-,7-/m1/s1. The number of hydrogen-bond acceptors (Lipinski definition) is 3. The summed E-state index contributed by atoms with van der Waals surface area (Å²) in [6.45, 7) is 2.34. The van der Waals surface area contributed by atoms with E-state index in [9.17, 15) is 31.5 Å². The summed E-state index contributed by atoms with van der Waals surface area (Å²) in [7, 11) is 0.